The Morgan fingerprint density at radius 2 is 1.61 bits per heavy atom. The van der Waals surface area contributed by atoms with E-state index in [0.717, 1.165) is 55.8 Å². The second-order valence-corrected chi connectivity index (χ2v) is 9.86. The maximum absolute atomic E-state index is 14.3. The van der Waals surface area contributed by atoms with E-state index in [0.29, 0.717) is 45.1 Å². The minimum Gasteiger partial charge on any atom is -0.367 e. The summed E-state index contributed by atoms with van der Waals surface area (Å²) in [7, 11) is 2.11. The van der Waals surface area contributed by atoms with Gasteiger partial charge >= 0.3 is 0 Å². The Hall–Kier alpha value is -3.27. The summed E-state index contributed by atoms with van der Waals surface area (Å²) in [6, 6.07) is 4.80. The first-order chi connectivity index (χ1) is 17.5. The van der Waals surface area contributed by atoms with Crippen LogP contribution in [-0.4, -0.2) is 109 Å². The highest BCUT2D eigenvalue weighted by Gasteiger charge is 2.27. The van der Waals surface area contributed by atoms with Gasteiger partial charge in [0.2, 0.25) is 17.8 Å². The smallest absolute Gasteiger partial charge is 0.242 e. The van der Waals surface area contributed by atoms with E-state index in [2.05, 4.69) is 31.7 Å². The van der Waals surface area contributed by atoms with E-state index in [4.69, 9.17) is 0 Å². The van der Waals surface area contributed by atoms with Crippen molar-refractivity contribution in [3.8, 4) is 11.1 Å². The molecule has 4 heterocycles. The lowest BCUT2D eigenvalue weighted by molar-refractivity contribution is -0.142. The number of likely N-dealkylation sites (N-methyl/N-ethyl adjacent to an activating group) is 1. The van der Waals surface area contributed by atoms with Crippen LogP contribution in [0.4, 0.5) is 16.0 Å². The Balaban J connectivity index is 1.25. The largest absolute Gasteiger partial charge is 0.367 e. The van der Waals surface area contributed by atoms with Crippen molar-refractivity contribution in [2.75, 3.05) is 82.3 Å². The summed E-state index contributed by atoms with van der Waals surface area (Å²) in [4.78, 5) is 44.2. The number of amides is 2. The summed E-state index contributed by atoms with van der Waals surface area (Å²) in [5.41, 5.74) is 2.42. The predicted molar refractivity (Wildman–Crippen MR) is 136 cm³/mol. The Kier molecular flexibility index (Phi) is 7.31. The number of piperazine rings is 2. The first kappa shape index (κ1) is 24.4. The quantitative estimate of drug-likeness (QED) is 0.625. The van der Waals surface area contributed by atoms with Gasteiger partial charge in [-0.05, 0) is 38.1 Å². The van der Waals surface area contributed by atoms with Crippen LogP contribution in [0, 0.1) is 5.82 Å². The third kappa shape index (κ3) is 5.43. The number of carbonyl (C=O) groups is 2. The van der Waals surface area contributed by atoms with Gasteiger partial charge in [-0.3, -0.25) is 9.59 Å². The van der Waals surface area contributed by atoms with Gasteiger partial charge in [-0.15, -0.1) is 0 Å². The van der Waals surface area contributed by atoms with Crippen LogP contribution < -0.4 is 9.80 Å². The molecule has 0 atom stereocenters. The van der Waals surface area contributed by atoms with E-state index in [9.17, 15) is 14.0 Å². The molecule has 1 aromatic heterocycles. The lowest BCUT2D eigenvalue weighted by Gasteiger charge is -2.38. The maximum atomic E-state index is 14.3. The molecule has 0 bridgehead atoms. The van der Waals surface area contributed by atoms with Gasteiger partial charge in [0.25, 0.3) is 0 Å². The minimum absolute atomic E-state index is 0.00266. The molecule has 5 rings (SSSR count). The van der Waals surface area contributed by atoms with Gasteiger partial charge < -0.3 is 24.5 Å². The van der Waals surface area contributed by atoms with Crippen LogP contribution in [0.3, 0.4) is 0 Å². The van der Waals surface area contributed by atoms with Gasteiger partial charge in [0.1, 0.15) is 5.82 Å². The summed E-state index contributed by atoms with van der Waals surface area (Å²) in [5.74, 6) is 0.461. The number of aromatic nitrogens is 2. The number of hydrogen-bond acceptors (Lipinski definition) is 7. The predicted octanol–water partition coefficient (Wildman–Crippen LogP) is 1.70. The van der Waals surface area contributed by atoms with Gasteiger partial charge in [-0.1, -0.05) is 0 Å². The first-order valence-corrected chi connectivity index (χ1v) is 12.8. The molecule has 3 aliphatic heterocycles. The molecule has 3 saturated heterocycles. The Morgan fingerprint density at radius 1 is 0.917 bits per heavy atom. The van der Waals surface area contributed by atoms with Gasteiger partial charge in [0.15, 0.2) is 0 Å². The highest BCUT2D eigenvalue weighted by molar-refractivity contribution is 5.85. The monoisotopic (exact) mass is 495 g/mol. The van der Waals surface area contributed by atoms with Gasteiger partial charge in [0, 0.05) is 94.5 Å². The fourth-order valence-electron chi connectivity index (χ4n) is 5.13. The minimum atomic E-state index is -0.308. The summed E-state index contributed by atoms with van der Waals surface area (Å²) in [5, 5.41) is 0. The van der Waals surface area contributed by atoms with Gasteiger partial charge in [0.05, 0.1) is 6.54 Å². The molecule has 36 heavy (non-hydrogen) atoms. The number of nitrogens with zero attached hydrogens (tertiary/aromatic N) is 7. The number of benzene rings is 1. The van der Waals surface area contributed by atoms with E-state index in [1.807, 2.05) is 4.90 Å². The Bertz CT molecular complexity index is 1080. The van der Waals surface area contributed by atoms with Crippen LogP contribution >= 0.6 is 0 Å². The molecule has 0 aliphatic carbocycles. The van der Waals surface area contributed by atoms with Gasteiger partial charge in [-0.25, -0.2) is 14.4 Å². The highest BCUT2D eigenvalue weighted by atomic mass is 19.1. The molecular formula is C26H34FN7O2. The fraction of sp³-hybridized carbons (Fsp3) is 0.538. The summed E-state index contributed by atoms with van der Waals surface area (Å²) < 4.78 is 14.3. The average molecular weight is 496 g/mol. The molecule has 2 amide bonds. The Labute approximate surface area is 211 Å². The normalized spacial score (nSPS) is 19.7. The molecule has 3 fully saturated rings. The number of rotatable bonds is 5. The lowest BCUT2D eigenvalue weighted by Crippen LogP contribution is -2.52. The van der Waals surface area contributed by atoms with Crippen LogP contribution in [0.2, 0.25) is 0 Å². The number of piperidine rings is 1. The van der Waals surface area contributed by atoms with E-state index in [1.165, 1.54) is 12.1 Å². The van der Waals surface area contributed by atoms with Crippen molar-refractivity contribution in [3.05, 3.63) is 36.4 Å². The standard InChI is InChI=1S/C26H34FN7O2/c1-30-8-10-33(11-9-30)26-28-17-20(18-29-26)22-16-21(27)5-6-23(22)31-12-14-32(15-13-31)25(36)19-34-7-3-2-4-24(34)35/h5-6,16-18H,2-4,7-15,19H2,1H3. The molecule has 10 heteroatoms. The number of halogens is 1. The zero-order valence-corrected chi connectivity index (χ0v) is 20.9. The van der Waals surface area contributed by atoms with Crippen LogP contribution in [0.25, 0.3) is 11.1 Å². The summed E-state index contributed by atoms with van der Waals surface area (Å²) in [6.07, 6.45) is 5.95. The average Bonchev–Trinajstić information content (AvgIpc) is 2.91. The number of likely N-dealkylation sites (tertiary alicyclic amines) is 1. The zero-order valence-electron chi connectivity index (χ0n) is 20.9. The highest BCUT2D eigenvalue weighted by Crippen LogP contribution is 2.32. The fourth-order valence-corrected chi connectivity index (χ4v) is 5.13. The Morgan fingerprint density at radius 3 is 2.31 bits per heavy atom. The molecule has 2 aromatic rings. The molecule has 3 aliphatic rings. The lowest BCUT2D eigenvalue weighted by atomic mass is 10.0. The third-order valence-corrected chi connectivity index (χ3v) is 7.41. The van der Waals surface area contributed by atoms with Crippen LogP contribution in [-0.2, 0) is 9.59 Å². The van der Waals surface area contributed by atoms with E-state index >= 15 is 0 Å². The molecule has 9 nitrogen and oxygen atoms in total. The van der Waals surface area contributed by atoms with E-state index in [1.54, 1.807) is 23.4 Å². The van der Waals surface area contributed by atoms with Gasteiger partial charge in [-0.2, -0.15) is 0 Å². The first-order valence-electron chi connectivity index (χ1n) is 12.8. The van der Waals surface area contributed by atoms with Crippen molar-refractivity contribution in [2.24, 2.45) is 0 Å². The van der Waals surface area contributed by atoms with Crippen molar-refractivity contribution in [1.82, 2.24) is 24.7 Å². The summed E-state index contributed by atoms with van der Waals surface area (Å²) in [6.45, 7) is 6.96. The molecule has 0 saturated carbocycles. The third-order valence-electron chi connectivity index (χ3n) is 7.41. The SMILES string of the molecule is CN1CCN(c2ncc(-c3cc(F)ccc3N3CCN(C(=O)CN4CCCCC4=O)CC3)cn2)CC1. The second kappa shape index (κ2) is 10.8. The van der Waals surface area contributed by atoms with E-state index in [-0.39, 0.29) is 24.2 Å². The van der Waals surface area contributed by atoms with Crippen LogP contribution in [0.5, 0.6) is 0 Å². The molecule has 1 aromatic carbocycles. The molecule has 0 radical (unpaired) electrons. The number of anilines is 2. The molecule has 192 valence electrons. The van der Waals surface area contributed by atoms with E-state index < -0.39 is 0 Å². The zero-order chi connectivity index (χ0) is 25.1. The summed E-state index contributed by atoms with van der Waals surface area (Å²) >= 11 is 0. The van der Waals surface area contributed by atoms with Crippen LogP contribution in [0.15, 0.2) is 30.6 Å². The topological polar surface area (TPSA) is 76.1 Å². The maximum Gasteiger partial charge on any atom is 0.242 e. The van der Waals surface area contributed by atoms with Crippen molar-refractivity contribution >= 4 is 23.5 Å². The second-order valence-electron chi connectivity index (χ2n) is 9.86. The van der Waals surface area contributed by atoms with Crippen molar-refractivity contribution in [1.29, 1.82) is 0 Å². The molecular weight excluding hydrogens is 461 g/mol. The van der Waals surface area contributed by atoms with Crippen molar-refractivity contribution < 1.29 is 14.0 Å². The molecule has 0 N–H and O–H groups in total. The van der Waals surface area contributed by atoms with Crippen molar-refractivity contribution in [3.63, 3.8) is 0 Å². The molecule has 0 spiro atoms. The van der Waals surface area contributed by atoms with Crippen LogP contribution in [0.1, 0.15) is 19.3 Å². The van der Waals surface area contributed by atoms with Crippen molar-refractivity contribution in [2.45, 2.75) is 19.3 Å². The number of carbonyl (C=O) groups excluding carboxylic acids is 2. The number of hydrogen-bond donors (Lipinski definition) is 0. The molecule has 0 unspecified atom stereocenters.